The molecular weight excluding hydrogens is 318 g/mol. The summed E-state index contributed by atoms with van der Waals surface area (Å²) in [6, 6.07) is 12.9. The van der Waals surface area contributed by atoms with Crippen LogP contribution in [-0.4, -0.2) is 11.6 Å². The van der Waals surface area contributed by atoms with Crippen LogP contribution in [0.5, 0.6) is 5.75 Å². The van der Waals surface area contributed by atoms with E-state index in [1.807, 2.05) is 6.20 Å². The van der Waals surface area contributed by atoms with E-state index in [1.54, 1.807) is 0 Å². The van der Waals surface area contributed by atoms with Crippen LogP contribution in [0.1, 0.15) is 88.5 Å². The van der Waals surface area contributed by atoms with Crippen LogP contribution in [0, 0.1) is 0 Å². The van der Waals surface area contributed by atoms with Crippen molar-refractivity contribution in [1.82, 2.24) is 4.98 Å². The van der Waals surface area contributed by atoms with Crippen molar-refractivity contribution < 1.29 is 4.74 Å². The molecule has 0 saturated heterocycles. The van der Waals surface area contributed by atoms with Crippen molar-refractivity contribution in [1.29, 1.82) is 0 Å². The molecule has 0 amide bonds. The van der Waals surface area contributed by atoms with Crippen molar-refractivity contribution in [3.05, 3.63) is 59.4 Å². The number of ether oxygens (including phenoxy) is 1. The maximum absolute atomic E-state index is 5.86. The highest BCUT2D eigenvalue weighted by molar-refractivity contribution is 5.33. The fourth-order valence-corrected chi connectivity index (χ4v) is 3.14. The van der Waals surface area contributed by atoms with Crippen LogP contribution in [0.2, 0.25) is 0 Å². The normalized spacial score (nSPS) is 12.1. The summed E-state index contributed by atoms with van der Waals surface area (Å²) in [6.45, 7) is 7.51. The van der Waals surface area contributed by atoms with Crippen LogP contribution in [0.4, 0.5) is 0 Å². The van der Waals surface area contributed by atoms with Gasteiger partial charge in [0.25, 0.3) is 0 Å². The molecule has 26 heavy (non-hydrogen) atoms. The summed E-state index contributed by atoms with van der Waals surface area (Å²) in [6.07, 6.45) is 12.0. The number of pyridine rings is 1. The first-order valence-corrected chi connectivity index (χ1v) is 10.4. The second-order valence-corrected chi connectivity index (χ2v) is 7.25. The van der Waals surface area contributed by atoms with Gasteiger partial charge in [-0.1, -0.05) is 71.1 Å². The molecule has 0 fully saturated rings. The van der Waals surface area contributed by atoms with Crippen LogP contribution in [0.3, 0.4) is 0 Å². The lowest BCUT2D eigenvalue weighted by atomic mass is 9.96. The molecule has 2 rings (SSSR count). The van der Waals surface area contributed by atoms with Gasteiger partial charge in [-0.25, -0.2) is 0 Å². The van der Waals surface area contributed by atoms with Gasteiger partial charge in [0.15, 0.2) is 0 Å². The van der Waals surface area contributed by atoms with E-state index in [2.05, 4.69) is 62.2 Å². The van der Waals surface area contributed by atoms with Gasteiger partial charge in [-0.2, -0.15) is 0 Å². The lowest BCUT2D eigenvalue weighted by Crippen LogP contribution is -2.01. The Bertz CT molecular complexity index is 603. The second kappa shape index (κ2) is 11.7. The Morgan fingerprint density at radius 3 is 2.23 bits per heavy atom. The third-order valence-corrected chi connectivity index (χ3v) is 5.01. The quantitative estimate of drug-likeness (QED) is 0.386. The Morgan fingerprint density at radius 1 is 0.846 bits per heavy atom. The molecule has 1 aromatic heterocycles. The highest BCUT2D eigenvalue weighted by Crippen LogP contribution is 2.25. The first-order chi connectivity index (χ1) is 12.7. The van der Waals surface area contributed by atoms with E-state index in [-0.39, 0.29) is 0 Å². The fraction of sp³-hybridized carbons (Fsp3) is 0.542. The molecular formula is C24H35NO. The minimum absolute atomic E-state index is 0.304. The predicted molar refractivity (Wildman–Crippen MR) is 111 cm³/mol. The Labute approximate surface area is 160 Å². The molecule has 0 saturated carbocycles. The van der Waals surface area contributed by atoms with E-state index >= 15 is 0 Å². The number of hydrogen-bond acceptors (Lipinski definition) is 2. The maximum atomic E-state index is 5.86. The Morgan fingerprint density at radius 2 is 1.58 bits per heavy atom. The standard InChI is InChI=1S/C24H35NO/c1-4-6-8-9-10-18-26-23-15-13-22(14-16-23)20(3)24-17-12-21(19-25-24)11-7-5-2/h12-17,19-20H,4-11,18H2,1-3H3. The van der Waals surface area contributed by atoms with Crippen LogP contribution < -0.4 is 4.74 Å². The van der Waals surface area contributed by atoms with Crippen molar-refractivity contribution in [2.75, 3.05) is 6.61 Å². The van der Waals surface area contributed by atoms with Crippen molar-refractivity contribution in [3.8, 4) is 5.75 Å². The van der Waals surface area contributed by atoms with Gasteiger partial charge >= 0.3 is 0 Å². The zero-order chi connectivity index (χ0) is 18.6. The SMILES string of the molecule is CCCCCCCOc1ccc(C(C)c2ccc(CCCC)cn2)cc1. The lowest BCUT2D eigenvalue weighted by Gasteiger charge is -2.13. The minimum Gasteiger partial charge on any atom is -0.494 e. The topological polar surface area (TPSA) is 22.1 Å². The van der Waals surface area contributed by atoms with Gasteiger partial charge in [0, 0.05) is 17.8 Å². The van der Waals surface area contributed by atoms with Crippen molar-refractivity contribution in [3.63, 3.8) is 0 Å². The Hall–Kier alpha value is -1.83. The summed E-state index contributed by atoms with van der Waals surface area (Å²) in [7, 11) is 0. The van der Waals surface area contributed by atoms with Gasteiger partial charge in [0.05, 0.1) is 6.61 Å². The smallest absolute Gasteiger partial charge is 0.119 e. The highest BCUT2D eigenvalue weighted by Gasteiger charge is 2.10. The van der Waals surface area contributed by atoms with E-state index in [0.717, 1.165) is 30.9 Å². The Balaban J connectivity index is 1.83. The minimum atomic E-state index is 0.304. The van der Waals surface area contributed by atoms with Crippen LogP contribution >= 0.6 is 0 Å². The summed E-state index contributed by atoms with van der Waals surface area (Å²) in [5.41, 5.74) is 3.76. The summed E-state index contributed by atoms with van der Waals surface area (Å²) in [5.74, 6) is 1.28. The number of rotatable bonds is 12. The monoisotopic (exact) mass is 353 g/mol. The number of nitrogens with zero attached hydrogens (tertiary/aromatic N) is 1. The molecule has 0 aliphatic rings. The van der Waals surface area contributed by atoms with Gasteiger partial charge in [-0.3, -0.25) is 4.98 Å². The summed E-state index contributed by atoms with van der Waals surface area (Å²) in [4.78, 5) is 4.68. The van der Waals surface area contributed by atoms with E-state index < -0.39 is 0 Å². The number of aryl methyl sites for hydroxylation is 1. The maximum Gasteiger partial charge on any atom is 0.119 e. The summed E-state index contributed by atoms with van der Waals surface area (Å²) < 4.78 is 5.86. The van der Waals surface area contributed by atoms with E-state index in [9.17, 15) is 0 Å². The Kier molecular flexibility index (Phi) is 9.23. The number of unbranched alkanes of at least 4 members (excludes halogenated alkanes) is 5. The van der Waals surface area contributed by atoms with Gasteiger partial charge in [0.1, 0.15) is 5.75 Å². The molecule has 1 aromatic carbocycles. The molecule has 1 unspecified atom stereocenters. The molecule has 0 aliphatic carbocycles. The molecule has 0 N–H and O–H groups in total. The molecule has 2 nitrogen and oxygen atoms in total. The van der Waals surface area contributed by atoms with Crippen LogP contribution in [-0.2, 0) is 6.42 Å². The van der Waals surface area contributed by atoms with E-state index in [0.29, 0.717) is 5.92 Å². The van der Waals surface area contributed by atoms with Gasteiger partial charge in [-0.05, 0) is 48.6 Å². The third kappa shape index (κ3) is 6.82. The van der Waals surface area contributed by atoms with Gasteiger partial charge in [0.2, 0.25) is 0 Å². The van der Waals surface area contributed by atoms with E-state index in [4.69, 9.17) is 4.74 Å². The predicted octanol–water partition coefficient (Wildman–Crippen LogP) is 6.93. The van der Waals surface area contributed by atoms with E-state index in [1.165, 1.54) is 49.7 Å². The molecule has 1 heterocycles. The fourth-order valence-electron chi connectivity index (χ4n) is 3.14. The first-order valence-electron chi connectivity index (χ1n) is 10.4. The summed E-state index contributed by atoms with van der Waals surface area (Å²) >= 11 is 0. The first kappa shape index (κ1) is 20.5. The molecule has 0 spiro atoms. The molecule has 0 aliphatic heterocycles. The zero-order valence-corrected chi connectivity index (χ0v) is 16.8. The highest BCUT2D eigenvalue weighted by atomic mass is 16.5. The molecule has 142 valence electrons. The lowest BCUT2D eigenvalue weighted by molar-refractivity contribution is 0.304. The zero-order valence-electron chi connectivity index (χ0n) is 16.8. The van der Waals surface area contributed by atoms with Crippen molar-refractivity contribution >= 4 is 0 Å². The largest absolute Gasteiger partial charge is 0.494 e. The van der Waals surface area contributed by atoms with Crippen LogP contribution in [0.25, 0.3) is 0 Å². The van der Waals surface area contributed by atoms with Crippen molar-refractivity contribution in [2.24, 2.45) is 0 Å². The molecule has 2 aromatic rings. The van der Waals surface area contributed by atoms with Crippen LogP contribution in [0.15, 0.2) is 42.6 Å². The van der Waals surface area contributed by atoms with Gasteiger partial charge in [-0.15, -0.1) is 0 Å². The third-order valence-electron chi connectivity index (χ3n) is 5.01. The number of benzene rings is 1. The molecule has 0 bridgehead atoms. The number of aromatic nitrogens is 1. The molecule has 0 radical (unpaired) electrons. The average molecular weight is 354 g/mol. The van der Waals surface area contributed by atoms with Gasteiger partial charge < -0.3 is 4.74 Å². The van der Waals surface area contributed by atoms with Crippen molar-refractivity contribution in [2.45, 2.75) is 78.1 Å². The second-order valence-electron chi connectivity index (χ2n) is 7.25. The molecule has 2 heteroatoms. The molecule has 1 atom stereocenters. The number of hydrogen-bond donors (Lipinski definition) is 0. The average Bonchev–Trinajstić information content (AvgIpc) is 2.69. The summed E-state index contributed by atoms with van der Waals surface area (Å²) in [5, 5.41) is 0.